The Morgan fingerprint density at radius 3 is 1.22 bits per heavy atom. The first-order chi connectivity index (χ1) is 40.3. The van der Waals surface area contributed by atoms with E-state index in [2.05, 4.69) is 0 Å². The lowest BCUT2D eigenvalue weighted by molar-refractivity contribution is -0.0335. The lowest BCUT2D eigenvalue weighted by Crippen LogP contribution is -2.41. The number of ether oxygens (including phenoxy) is 5. The molecule has 0 fully saturated rings. The molecule has 26 nitrogen and oxygen atoms in total. The summed E-state index contributed by atoms with van der Waals surface area (Å²) in [7, 11) is 0. The maximum absolute atomic E-state index is 14.6. The summed E-state index contributed by atoms with van der Waals surface area (Å²) in [6.07, 6.45) is -11.5. The van der Waals surface area contributed by atoms with Crippen molar-refractivity contribution in [2.45, 2.75) is 54.9 Å². The summed E-state index contributed by atoms with van der Waals surface area (Å²) in [4.78, 5) is 29.1. The van der Waals surface area contributed by atoms with Gasteiger partial charge in [-0.05, 0) is 66.2 Å². The number of carbonyl (C=O) groups is 2. The van der Waals surface area contributed by atoms with Gasteiger partial charge in [0, 0.05) is 69.6 Å². The molecule has 3 aliphatic heterocycles. The van der Waals surface area contributed by atoms with Gasteiger partial charge in [0.1, 0.15) is 57.8 Å². The van der Waals surface area contributed by atoms with Crippen LogP contribution >= 0.6 is 0 Å². The molecule has 438 valence electrons. The fraction of sp³-hybridized carbons (Fsp3) is 0.153. The second-order valence-corrected chi connectivity index (χ2v) is 20.1. The van der Waals surface area contributed by atoms with Gasteiger partial charge in [-0.15, -0.1) is 0 Å². The zero-order valence-electron chi connectivity index (χ0n) is 43.0. The predicted octanol–water partition coefficient (Wildman–Crippen LogP) is 6.41. The Morgan fingerprint density at radius 2 is 0.765 bits per heavy atom. The van der Waals surface area contributed by atoms with Gasteiger partial charge in [-0.3, -0.25) is 0 Å². The summed E-state index contributed by atoms with van der Waals surface area (Å²) >= 11 is 0. The average molecular weight is 1170 g/mol. The molecule has 3 heterocycles. The van der Waals surface area contributed by atoms with E-state index in [0.717, 1.165) is 60.7 Å². The normalized spacial score (nSPS) is 20.3. The molecule has 8 unspecified atom stereocenters. The zero-order chi connectivity index (χ0) is 60.9. The fourth-order valence-electron chi connectivity index (χ4n) is 11.0. The number of benzene rings is 8. The van der Waals surface area contributed by atoms with Crippen LogP contribution in [0.15, 0.2) is 103 Å². The molecule has 26 heteroatoms. The molecule has 8 aromatic carbocycles. The number of aliphatic hydroxyl groups excluding tert-OH is 1. The second kappa shape index (κ2) is 20.5. The van der Waals surface area contributed by atoms with Gasteiger partial charge in [-0.1, -0.05) is 18.2 Å². The molecule has 19 N–H and O–H groups in total. The van der Waals surface area contributed by atoms with E-state index in [1.165, 1.54) is 12.1 Å². The van der Waals surface area contributed by atoms with Gasteiger partial charge in [0.25, 0.3) is 0 Å². The number of carbonyl (C=O) groups excluding carboxylic acids is 2. The van der Waals surface area contributed by atoms with Crippen LogP contribution in [0.25, 0.3) is 0 Å². The number of aliphatic hydroxyl groups is 1. The Balaban J connectivity index is 1.20. The molecule has 0 bridgehead atoms. The third-order valence-corrected chi connectivity index (χ3v) is 14.9. The van der Waals surface area contributed by atoms with E-state index in [1.54, 1.807) is 0 Å². The summed E-state index contributed by atoms with van der Waals surface area (Å²) in [5, 5.41) is 210. The predicted molar refractivity (Wildman–Crippen MR) is 283 cm³/mol. The third-order valence-electron chi connectivity index (χ3n) is 14.9. The Hall–Kier alpha value is -11.5. The smallest absolute Gasteiger partial charge is 0.338 e. The van der Waals surface area contributed by atoms with Crippen molar-refractivity contribution in [2.75, 3.05) is 0 Å². The van der Waals surface area contributed by atoms with Gasteiger partial charge < -0.3 is 121 Å². The zero-order valence-corrected chi connectivity index (χ0v) is 43.0. The van der Waals surface area contributed by atoms with Crippen LogP contribution in [0.3, 0.4) is 0 Å². The first kappa shape index (κ1) is 55.4. The van der Waals surface area contributed by atoms with Gasteiger partial charge in [0.15, 0.2) is 93.4 Å². The number of phenolic OH excluding ortho intramolecular Hbond substituents is 18. The molecule has 0 radical (unpaired) electrons. The van der Waals surface area contributed by atoms with Crippen LogP contribution in [-0.4, -0.2) is 127 Å². The van der Waals surface area contributed by atoms with Crippen molar-refractivity contribution < 1.29 is 130 Å². The molecular weight excluding hydrogens is 1120 g/mol. The van der Waals surface area contributed by atoms with Crippen molar-refractivity contribution in [3.05, 3.63) is 159 Å². The van der Waals surface area contributed by atoms with Crippen LogP contribution in [0.2, 0.25) is 0 Å². The Morgan fingerprint density at radius 1 is 0.365 bits per heavy atom. The quantitative estimate of drug-likeness (QED) is 0.0548. The minimum Gasteiger partial charge on any atom is -0.508 e. The van der Waals surface area contributed by atoms with Crippen molar-refractivity contribution in [2.24, 2.45) is 0 Å². The van der Waals surface area contributed by atoms with Crippen LogP contribution in [0.5, 0.6) is 121 Å². The van der Waals surface area contributed by atoms with Crippen LogP contribution in [-0.2, 0) is 15.9 Å². The van der Waals surface area contributed by atoms with Crippen molar-refractivity contribution in [1.29, 1.82) is 0 Å². The summed E-state index contributed by atoms with van der Waals surface area (Å²) in [6.45, 7) is 0. The van der Waals surface area contributed by atoms with Gasteiger partial charge >= 0.3 is 11.9 Å². The minimum absolute atomic E-state index is 0.120. The molecule has 8 atom stereocenters. The first-order valence-electron chi connectivity index (χ1n) is 25.2. The SMILES string of the molecule is O=C(OC1C(c2ccc(O)c(O)c2)Oc2cc(O)cc(O)c2C1c1c(O)cc(O)c2c1OC(c1ccc(O)c(O)c1)C(OC(=O)c1cc(O)c(O)c(O)c1)C2c1c(O)cc2c(c1O)CC(O)C(c1ccc(O)c(O)c1)O2)c1cc(O)c(O)c(O)c1. The largest absolute Gasteiger partial charge is 0.508 e. The summed E-state index contributed by atoms with van der Waals surface area (Å²) < 4.78 is 31.6. The number of hydrogen-bond acceptors (Lipinski definition) is 26. The molecule has 8 aromatic rings. The van der Waals surface area contributed by atoms with Gasteiger partial charge in [-0.2, -0.15) is 0 Å². The van der Waals surface area contributed by atoms with Gasteiger partial charge in [0.05, 0.1) is 29.1 Å². The van der Waals surface area contributed by atoms with Crippen LogP contribution in [0.4, 0.5) is 0 Å². The first-order valence-corrected chi connectivity index (χ1v) is 25.2. The molecule has 3 aliphatic rings. The number of aromatic hydroxyl groups is 18. The molecule has 0 saturated carbocycles. The van der Waals surface area contributed by atoms with Gasteiger partial charge in [0.2, 0.25) is 0 Å². The highest BCUT2D eigenvalue weighted by Crippen LogP contribution is 2.63. The molecule has 0 spiro atoms. The lowest BCUT2D eigenvalue weighted by Gasteiger charge is -2.44. The molecule has 0 saturated heterocycles. The highest BCUT2D eigenvalue weighted by atomic mass is 16.6. The highest BCUT2D eigenvalue weighted by molar-refractivity contribution is 5.92. The monoisotopic (exact) mass is 1170 g/mol. The number of rotatable bonds is 9. The van der Waals surface area contributed by atoms with E-state index in [9.17, 15) is 107 Å². The topological polar surface area (TPSA) is 465 Å². The molecular formula is C59H46O26. The number of esters is 2. The van der Waals surface area contributed by atoms with Crippen LogP contribution < -0.4 is 14.2 Å². The fourth-order valence-corrected chi connectivity index (χ4v) is 11.0. The summed E-state index contributed by atoms with van der Waals surface area (Å²) in [6, 6.07) is 15.8. The highest BCUT2D eigenvalue weighted by Gasteiger charge is 2.53. The number of hydrogen-bond donors (Lipinski definition) is 19. The van der Waals surface area contributed by atoms with Crippen LogP contribution in [0, 0.1) is 0 Å². The summed E-state index contributed by atoms with van der Waals surface area (Å²) in [5.41, 5.74) is -4.35. The van der Waals surface area contributed by atoms with Crippen molar-refractivity contribution in [3.63, 3.8) is 0 Å². The Kier molecular flexibility index (Phi) is 13.3. The van der Waals surface area contributed by atoms with E-state index < -0.39 is 215 Å². The third kappa shape index (κ3) is 9.42. The van der Waals surface area contributed by atoms with E-state index in [1.807, 2.05) is 0 Å². The van der Waals surface area contributed by atoms with E-state index >= 15 is 0 Å². The van der Waals surface area contributed by atoms with E-state index in [-0.39, 0.29) is 28.0 Å². The van der Waals surface area contributed by atoms with Crippen molar-refractivity contribution in [3.8, 4) is 121 Å². The molecule has 85 heavy (non-hydrogen) atoms. The average Bonchev–Trinajstić information content (AvgIpc) is 1.14. The number of fused-ring (bicyclic) bond motifs is 3. The maximum Gasteiger partial charge on any atom is 0.338 e. The molecule has 11 rings (SSSR count). The van der Waals surface area contributed by atoms with Gasteiger partial charge in [-0.25, -0.2) is 9.59 Å². The molecule has 0 aliphatic carbocycles. The van der Waals surface area contributed by atoms with E-state index in [4.69, 9.17) is 23.7 Å². The molecule has 0 aromatic heterocycles. The van der Waals surface area contributed by atoms with E-state index in [0.29, 0.717) is 30.3 Å². The van der Waals surface area contributed by atoms with Crippen molar-refractivity contribution >= 4 is 11.9 Å². The summed E-state index contributed by atoms with van der Waals surface area (Å²) in [5.74, 6) is -24.2. The lowest BCUT2D eigenvalue weighted by atomic mass is 9.73. The number of phenols is 18. The molecule has 0 amide bonds. The Labute approximate surface area is 475 Å². The minimum atomic E-state index is -2.16. The van der Waals surface area contributed by atoms with Crippen molar-refractivity contribution in [1.82, 2.24) is 0 Å². The second-order valence-electron chi connectivity index (χ2n) is 20.1. The Bertz CT molecular complexity index is 4060. The maximum atomic E-state index is 14.6. The van der Waals surface area contributed by atoms with Crippen LogP contribution in [0.1, 0.15) is 95.4 Å². The standard InChI is InChI=1S/C59H46O26/c60-24-14-32(67)43-42(15-24)82-53(20-2-5-27(62)30(65)8-20)56(84-58(79)22-10-36(71)50(77)37(72)11-22)47(43)45-33(68)17-34(69)46-48(44-35(70)18-41-25(49(44)76)16-40(75)52(81-41)19-1-4-26(61)29(64)7-19)57(85-59(80)23-12-38(73)51(78)39(74)13-23)54(83-55(45)46)21-3-6-28(63)31(66)9-21/h1-15,17-18,40,47-48,52-54,56-57,60-78H,16H2.